The minimum absolute atomic E-state index is 0.0246. The molecule has 1 N–H and O–H groups in total. The van der Waals surface area contributed by atoms with Crippen molar-refractivity contribution >= 4 is 34.1 Å². The summed E-state index contributed by atoms with van der Waals surface area (Å²) >= 11 is 6.54. The minimum atomic E-state index is -5.08. The van der Waals surface area contributed by atoms with Crippen molar-refractivity contribution in [3.63, 3.8) is 0 Å². The first-order valence-corrected chi connectivity index (χ1v) is 18.2. The third kappa shape index (κ3) is 7.83. The Morgan fingerprint density at radius 3 is 2.34 bits per heavy atom. The van der Waals surface area contributed by atoms with Gasteiger partial charge in [0.25, 0.3) is 12.3 Å². The Kier molecular flexibility index (Phi) is 10.3. The number of aliphatic hydroxyl groups is 1. The Morgan fingerprint density at radius 1 is 1.03 bits per heavy atom. The van der Waals surface area contributed by atoms with Crippen LogP contribution in [0.1, 0.15) is 78.1 Å². The van der Waals surface area contributed by atoms with Crippen LogP contribution in [0.15, 0.2) is 42.5 Å². The van der Waals surface area contributed by atoms with Gasteiger partial charge in [0.2, 0.25) is 5.78 Å². The lowest BCUT2D eigenvalue weighted by atomic mass is 9.86. The Balaban J connectivity index is 1.38. The monoisotopic (exact) mass is 835 g/mol. The van der Waals surface area contributed by atoms with E-state index in [-0.39, 0.29) is 62.5 Å². The van der Waals surface area contributed by atoms with Crippen molar-refractivity contribution in [2.75, 3.05) is 0 Å². The second-order valence-electron chi connectivity index (χ2n) is 15.0. The van der Waals surface area contributed by atoms with Gasteiger partial charge in [-0.3, -0.25) is 19.0 Å². The molecule has 5 aromatic rings. The molecule has 18 heteroatoms. The van der Waals surface area contributed by atoms with Crippen LogP contribution in [0.3, 0.4) is 0 Å². The van der Waals surface area contributed by atoms with E-state index in [1.165, 1.54) is 49.8 Å². The maximum absolute atomic E-state index is 15.4. The lowest BCUT2D eigenvalue weighted by Gasteiger charge is -2.22. The van der Waals surface area contributed by atoms with Gasteiger partial charge in [-0.05, 0) is 74.4 Å². The van der Waals surface area contributed by atoms with E-state index in [9.17, 15) is 45.4 Å². The summed E-state index contributed by atoms with van der Waals surface area (Å²) in [6.45, 7) is 1.80. The lowest BCUT2D eigenvalue weighted by molar-refractivity contribution is -0.142. The fourth-order valence-electron chi connectivity index (χ4n) is 7.72. The number of fused-ring (bicyclic) bond motifs is 4. The van der Waals surface area contributed by atoms with Gasteiger partial charge in [0.05, 0.1) is 28.3 Å². The molecule has 1 saturated carbocycles. The maximum atomic E-state index is 15.4. The number of nitrogens with zero attached hydrogens (tertiary/aromatic N) is 5. The molecule has 0 radical (unpaired) electrons. The molecule has 0 aliphatic heterocycles. The van der Waals surface area contributed by atoms with Crippen LogP contribution in [0.25, 0.3) is 22.0 Å². The van der Waals surface area contributed by atoms with Crippen LogP contribution in [0.2, 0.25) is 5.02 Å². The molecule has 2 aliphatic carbocycles. The molecule has 3 aromatic heterocycles. The van der Waals surface area contributed by atoms with E-state index < -0.39 is 101 Å². The topological polar surface area (TPSA) is 103 Å². The summed E-state index contributed by atoms with van der Waals surface area (Å²) in [5.41, 5.74) is -3.84. The van der Waals surface area contributed by atoms with Gasteiger partial charge in [-0.25, -0.2) is 22.5 Å². The lowest BCUT2D eigenvalue weighted by Crippen LogP contribution is -2.24. The van der Waals surface area contributed by atoms with E-state index in [2.05, 4.69) is 22.0 Å². The zero-order valence-corrected chi connectivity index (χ0v) is 31.4. The Morgan fingerprint density at radius 2 is 1.71 bits per heavy atom. The molecule has 3 heterocycles. The van der Waals surface area contributed by atoms with Crippen molar-refractivity contribution < 1.29 is 54.2 Å². The smallest absolute Gasteiger partial charge is 0.378 e. The number of halogens is 10. The van der Waals surface area contributed by atoms with E-state index in [0.717, 1.165) is 12.1 Å². The molecule has 7 rings (SSSR count). The second-order valence-corrected chi connectivity index (χ2v) is 15.4. The van der Waals surface area contributed by atoms with Gasteiger partial charge >= 0.3 is 6.18 Å². The zero-order chi connectivity index (χ0) is 42.2. The molecular formula is C40H31ClF9N5O3. The van der Waals surface area contributed by atoms with Gasteiger partial charge in [-0.2, -0.15) is 32.1 Å². The highest BCUT2D eigenvalue weighted by atomic mass is 35.5. The number of pyridine rings is 1. The first-order chi connectivity index (χ1) is 27.0. The normalized spacial score (nSPS) is 17.6. The largest absolute Gasteiger partial charge is 0.435 e. The number of hydrogen-bond acceptors (Lipinski definition) is 6. The summed E-state index contributed by atoms with van der Waals surface area (Å²) < 4.78 is 130. The molecule has 2 aromatic carbocycles. The van der Waals surface area contributed by atoms with Crippen LogP contribution in [0.4, 0.5) is 39.5 Å². The van der Waals surface area contributed by atoms with Crippen molar-refractivity contribution in [1.82, 2.24) is 24.5 Å². The van der Waals surface area contributed by atoms with Gasteiger partial charge in [0, 0.05) is 53.4 Å². The van der Waals surface area contributed by atoms with E-state index >= 15 is 8.78 Å². The summed E-state index contributed by atoms with van der Waals surface area (Å²) in [6.07, 6.45) is -10.3. The standard InChI is InChI=1S/C40H31ClF9N5O3/c1-38(2,58)9-8-22-4-5-24(25-6-7-28(41)32-29(16-30(57)37(44)45)52-54(3)34(25)32)33(51-22)19(10-18-11-20(42)14-21(43)12-18)13-23(56)17-55-36-31(35(53-55)40(48,49)50)26-15-27(26)39(36,46)47/h4-7,11-12,14,19,26-27,37,58H,10,13,15-17H2,1-3H3/t19-,26+,27-/m1/s1. The molecule has 0 unspecified atom stereocenters. The van der Waals surface area contributed by atoms with Crippen LogP contribution in [0.5, 0.6) is 0 Å². The van der Waals surface area contributed by atoms with E-state index in [0.29, 0.717) is 10.7 Å². The fourth-order valence-corrected chi connectivity index (χ4v) is 7.98. The summed E-state index contributed by atoms with van der Waals surface area (Å²) in [4.78, 5) is 30.8. The van der Waals surface area contributed by atoms with Crippen molar-refractivity contribution in [3.05, 3.63) is 98.7 Å². The minimum Gasteiger partial charge on any atom is -0.378 e. The molecule has 0 saturated heterocycles. The van der Waals surface area contributed by atoms with E-state index in [1.54, 1.807) is 0 Å². The number of hydrogen-bond donors (Lipinski definition) is 1. The van der Waals surface area contributed by atoms with E-state index in [4.69, 9.17) is 16.6 Å². The first-order valence-electron chi connectivity index (χ1n) is 17.8. The molecule has 8 nitrogen and oxygen atoms in total. The van der Waals surface area contributed by atoms with Gasteiger partial charge in [-0.15, -0.1) is 0 Å². The highest BCUT2D eigenvalue weighted by molar-refractivity contribution is 6.36. The predicted molar refractivity (Wildman–Crippen MR) is 191 cm³/mol. The molecule has 304 valence electrons. The van der Waals surface area contributed by atoms with Crippen LogP contribution < -0.4 is 0 Å². The summed E-state index contributed by atoms with van der Waals surface area (Å²) in [6, 6.07) is 8.51. The van der Waals surface area contributed by atoms with Crippen molar-refractivity contribution in [3.8, 4) is 23.0 Å². The average Bonchev–Trinajstić information content (AvgIpc) is 3.64. The van der Waals surface area contributed by atoms with Crippen molar-refractivity contribution in [1.29, 1.82) is 0 Å². The third-order valence-corrected chi connectivity index (χ3v) is 10.4. The molecule has 3 atom stereocenters. The molecule has 0 bridgehead atoms. The number of ketones is 2. The molecule has 0 amide bonds. The maximum Gasteiger partial charge on any atom is 0.435 e. The molecule has 58 heavy (non-hydrogen) atoms. The SMILES string of the molecule is Cn1nc(CC(=O)C(F)F)c2c(Cl)ccc(-c3ccc(C#CC(C)(C)O)nc3[C@@H](CC(=O)Cn3nc(C(F)(F)F)c4c3C(F)(F)[C@@H]3C[C@H]43)Cc3cc(F)cc(F)c3)c21. The summed E-state index contributed by atoms with van der Waals surface area (Å²) in [5.74, 6) is -6.18. The van der Waals surface area contributed by atoms with Gasteiger partial charge in [0.15, 0.2) is 11.5 Å². The number of rotatable bonds is 11. The fraction of sp³-hybridized carbons (Fsp3) is 0.375. The van der Waals surface area contributed by atoms with Crippen LogP contribution in [0, 0.1) is 29.4 Å². The Bertz CT molecular complexity index is 2540. The quantitative estimate of drug-likeness (QED) is 0.106. The van der Waals surface area contributed by atoms with E-state index in [1.807, 2.05) is 0 Å². The molecule has 2 aliphatic rings. The number of aryl methyl sites for hydroxylation is 1. The van der Waals surface area contributed by atoms with Crippen molar-refractivity contribution in [2.24, 2.45) is 13.0 Å². The highest BCUT2D eigenvalue weighted by Crippen LogP contribution is 2.68. The molecule has 1 fully saturated rings. The second kappa shape index (κ2) is 14.6. The molecular weight excluding hydrogens is 805 g/mol. The average molecular weight is 836 g/mol. The molecule has 0 spiro atoms. The summed E-state index contributed by atoms with van der Waals surface area (Å²) in [5, 5.41) is 18.2. The van der Waals surface area contributed by atoms with Gasteiger partial charge in [0.1, 0.15) is 35.2 Å². The first kappa shape index (κ1) is 41.0. The number of carbonyl (C=O) groups is 2. The number of Topliss-reactive ketones (excluding diaryl/α,β-unsaturated/α-hetero) is 2. The predicted octanol–water partition coefficient (Wildman–Crippen LogP) is 8.48. The number of aromatic nitrogens is 5. The number of carbonyl (C=O) groups excluding carboxylic acids is 2. The van der Waals surface area contributed by atoms with Crippen LogP contribution in [-0.2, 0) is 48.1 Å². The van der Waals surface area contributed by atoms with Crippen LogP contribution >= 0.6 is 11.6 Å². The Hall–Kier alpha value is -5.21. The number of alkyl halides is 7. The zero-order valence-electron chi connectivity index (χ0n) is 30.7. The van der Waals surface area contributed by atoms with Crippen molar-refractivity contribution in [2.45, 2.75) is 82.0 Å². The summed E-state index contributed by atoms with van der Waals surface area (Å²) in [7, 11) is 1.46. The number of benzene rings is 2. The van der Waals surface area contributed by atoms with Gasteiger partial charge < -0.3 is 5.11 Å². The van der Waals surface area contributed by atoms with Crippen LogP contribution in [-0.4, -0.2) is 53.2 Å². The van der Waals surface area contributed by atoms with Gasteiger partial charge in [-0.1, -0.05) is 23.6 Å². The third-order valence-electron chi connectivity index (χ3n) is 10.1. The Labute approximate surface area is 329 Å². The highest BCUT2D eigenvalue weighted by Gasteiger charge is 2.68.